The summed E-state index contributed by atoms with van der Waals surface area (Å²) in [6.45, 7) is 5.03. The number of nitrogens with one attached hydrogen (secondary N) is 4. The van der Waals surface area contributed by atoms with Gasteiger partial charge >= 0.3 is 0 Å². The van der Waals surface area contributed by atoms with Gasteiger partial charge in [-0.3, -0.25) is 19.2 Å². The highest BCUT2D eigenvalue weighted by Crippen LogP contribution is 2.37. The first-order valence-electron chi connectivity index (χ1n) is 21.9. The van der Waals surface area contributed by atoms with Crippen LogP contribution >= 0.6 is 0 Å². The fraction of sp³-hybridized carbons (Fsp3) is 0.269. The van der Waals surface area contributed by atoms with Crippen molar-refractivity contribution in [3.05, 3.63) is 195 Å². The zero-order valence-corrected chi connectivity index (χ0v) is 37.4. The second-order valence-electron chi connectivity index (χ2n) is 15.2. The highest BCUT2D eigenvalue weighted by molar-refractivity contribution is 6.03. The molecule has 4 N–H and O–H groups in total. The third-order valence-electron chi connectivity index (χ3n) is 10.3. The van der Waals surface area contributed by atoms with E-state index >= 15 is 0 Å². The van der Waals surface area contributed by atoms with Crippen LogP contribution in [0.3, 0.4) is 0 Å². The van der Waals surface area contributed by atoms with Gasteiger partial charge in [0.25, 0.3) is 23.3 Å². The third kappa shape index (κ3) is 14.4. The summed E-state index contributed by atoms with van der Waals surface area (Å²) in [5.41, 5.74) is 4.29. The predicted molar refractivity (Wildman–Crippen MR) is 252 cm³/mol. The lowest BCUT2D eigenvalue weighted by Gasteiger charge is -2.20. The second kappa shape index (κ2) is 25.9. The molecule has 0 saturated heterocycles. The summed E-state index contributed by atoms with van der Waals surface area (Å²) in [5.74, 6) is -1.06. The van der Waals surface area contributed by atoms with Crippen LogP contribution < -0.4 is 41.0 Å². The van der Waals surface area contributed by atoms with E-state index in [0.29, 0.717) is 38.5 Å². The molecule has 1 aromatic heterocycles. The summed E-state index contributed by atoms with van der Waals surface area (Å²) in [4.78, 5) is 55.0. The number of carbonyl (C=O) groups excluding carboxylic acids is 3. The Kier molecular flexibility index (Phi) is 18.9. The molecule has 0 aliphatic rings. The smallest absolute Gasteiger partial charge is 0.294 e. The van der Waals surface area contributed by atoms with Crippen molar-refractivity contribution < 1.29 is 38.1 Å². The first-order valence-corrected chi connectivity index (χ1v) is 21.9. The van der Waals surface area contributed by atoms with Gasteiger partial charge in [0.2, 0.25) is 0 Å². The van der Waals surface area contributed by atoms with E-state index in [4.69, 9.17) is 23.7 Å². The average Bonchev–Trinajstić information content (AvgIpc) is 3.35. The molecule has 0 aliphatic heterocycles. The van der Waals surface area contributed by atoms with Crippen LogP contribution in [-0.2, 0) is 35.8 Å². The summed E-state index contributed by atoms with van der Waals surface area (Å²) in [5, 5.41) is 11.9. The molecule has 0 atom stereocenters. The van der Waals surface area contributed by atoms with Gasteiger partial charge in [0.1, 0.15) is 19.8 Å². The Bertz CT molecular complexity index is 2520. The summed E-state index contributed by atoms with van der Waals surface area (Å²) >= 11 is 0. The number of hydrogen-bond donors (Lipinski definition) is 4. The fourth-order valence-corrected chi connectivity index (χ4v) is 6.84. The van der Waals surface area contributed by atoms with Crippen molar-refractivity contribution in [3.63, 3.8) is 0 Å². The summed E-state index contributed by atoms with van der Waals surface area (Å²) < 4.78 is 30.9. The van der Waals surface area contributed by atoms with Gasteiger partial charge in [-0.1, -0.05) is 121 Å². The number of ether oxygens (including phenoxy) is 5. The normalized spacial score (nSPS) is 10.8. The van der Waals surface area contributed by atoms with Crippen LogP contribution in [-0.4, -0.2) is 81.9 Å². The van der Waals surface area contributed by atoms with Gasteiger partial charge in [0.15, 0.2) is 17.2 Å². The quantitative estimate of drug-likeness (QED) is 0.0469. The lowest BCUT2D eigenvalue weighted by molar-refractivity contribution is 0.0691. The van der Waals surface area contributed by atoms with E-state index in [9.17, 15) is 19.2 Å². The third-order valence-corrected chi connectivity index (χ3v) is 10.3. The summed E-state index contributed by atoms with van der Waals surface area (Å²) in [7, 11) is 1.59. The zero-order chi connectivity index (χ0) is 46.4. The predicted octanol–water partition coefficient (Wildman–Crippen LogP) is 6.08. The Hall–Kier alpha value is -7.26. The van der Waals surface area contributed by atoms with Crippen molar-refractivity contribution in [2.24, 2.45) is 0 Å². The molecule has 0 saturated carbocycles. The molecule has 66 heavy (non-hydrogen) atoms. The molecule has 6 aromatic rings. The van der Waals surface area contributed by atoms with Crippen molar-refractivity contribution in [2.75, 3.05) is 59.7 Å². The number of rotatable bonds is 26. The van der Waals surface area contributed by atoms with Crippen LogP contribution in [0.2, 0.25) is 0 Å². The van der Waals surface area contributed by atoms with Crippen molar-refractivity contribution in [2.45, 2.75) is 33.3 Å². The Balaban J connectivity index is 1.10. The summed E-state index contributed by atoms with van der Waals surface area (Å²) in [6.07, 6.45) is 0. The van der Waals surface area contributed by atoms with Crippen LogP contribution in [0.25, 0.3) is 0 Å². The number of pyridine rings is 1. The minimum absolute atomic E-state index is 0.0220. The van der Waals surface area contributed by atoms with Gasteiger partial charge < -0.3 is 49.5 Å². The largest absolute Gasteiger partial charge is 0.484 e. The standard InChI is InChI=1S/C52H57N5O9/c1-38-33-45(48(66-37-42-21-13-6-14-22-42)52(61)57(38)34-39-15-7-3-8-16-39)51(60)55-28-26-53-25-27-54-49(58)43-23-24-44(50(59)56-29-30-63-32-31-62-2)47(65-36-41-19-11-5-12-20-41)46(43)64-35-40-17-9-4-10-18-40/h3-24,33,53H,25-32,34-37H2,1-2H3,(H,54,58)(H,55,60)(H,56,59). The minimum atomic E-state index is -0.443. The molecule has 14 heteroatoms. The van der Waals surface area contributed by atoms with Crippen LogP contribution in [0.4, 0.5) is 0 Å². The molecule has 0 fully saturated rings. The highest BCUT2D eigenvalue weighted by atomic mass is 16.5. The van der Waals surface area contributed by atoms with Crippen LogP contribution in [0.1, 0.15) is 59.0 Å². The Labute approximate surface area is 385 Å². The molecule has 0 unspecified atom stereocenters. The number of methoxy groups -OCH3 is 1. The molecule has 0 spiro atoms. The van der Waals surface area contributed by atoms with E-state index in [2.05, 4.69) is 21.3 Å². The zero-order valence-electron chi connectivity index (χ0n) is 37.4. The highest BCUT2D eigenvalue weighted by Gasteiger charge is 2.25. The number of amides is 3. The van der Waals surface area contributed by atoms with E-state index in [1.807, 2.05) is 121 Å². The molecule has 1 heterocycles. The number of carbonyl (C=O) groups is 3. The van der Waals surface area contributed by atoms with Crippen LogP contribution in [0, 0.1) is 6.92 Å². The minimum Gasteiger partial charge on any atom is -0.484 e. The maximum atomic E-state index is 13.9. The maximum absolute atomic E-state index is 13.9. The molecule has 3 amide bonds. The SMILES string of the molecule is COCCOCCNC(=O)c1ccc(C(=O)NCCNCCNC(=O)c2cc(C)n(Cc3ccccc3)c(=O)c2OCc2ccccc2)c(OCc2ccccc2)c1OCc1ccccc1. The fourth-order valence-electron chi connectivity index (χ4n) is 6.84. The Morgan fingerprint density at radius 1 is 0.485 bits per heavy atom. The molecule has 5 aromatic carbocycles. The van der Waals surface area contributed by atoms with E-state index < -0.39 is 23.3 Å². The second-order valence-corrected chi connectivity index (χ2v) is 15.2. The Morgan fingerprint density at radius 2 is 0.909 bits per heavy atom. The van der Waals surface area contributed by atoms with Crippen molar-refractivity contribution in [1.82, 2.24) is 25.8 Å². The molecule has 0 aliphatic carbocycles. The van der Waals surface area contributed by atoms with E-state index in [1.54, 1.807) is 36.8 Å². The first-order chi connectivity index (χ1) is 32.3. The van der Waals surface area contributed by atoms with Gasteiger partial charge in [-0.15, -0.1) is 0 Å². The maximum Gasteiger partial charge on any atom is 0.294 e. The van der Waals surface area contributed by atoms with Gasteiger partial charge in [-0.2, -0.15) is 0 Å². The van der Waals surface area contributed by atoms with E-state index in [-0.39, 0.29) is 80.0 Å². The first kappa shape index (κ1) is 48.2. The van der Waals surface area contributed by atoms with E-state index in [1.165, 1.54) is 0 Å². The summed E-state index contributed by atoms with van der Waals surface area (Å²) in [6, 6.07) is 42.9. The van der Waals surface area contributed by atoms with Crippen LogP contribution in [0.5, 0.6) is 17.2 Å². The topological polar surface area (TPSA) is 167 Å². The number of hydrogen-bond acceptors (Lipinski definition) is 10. The number of benzene rings is 5. The van der Waals surface area contributed by atoms with E-state index in [0.717, 1.165) is 22.3 Å². The van der Waals surface area contributed by atoms with Gasteiger partial charge in [0.05, 0.1) is 43.1 Å². The average molecular weight is 896 g/mol. The van der Waals surface area contributed by atoms with Crippen molar-refractivity contribution in [3.8, 4) is 17.2 Å². The number of aryl methyl sites for hydroxylation is 1. The van der Waals surface area contributed by atoms with Crippen LogP contribution in [0.15, 0.2) is 144 Å². The number of nitrogens with zero attached hydrogens (tertiary/aromatic N) is 1. The molecular formula is C52H57N5O9. The Morgan fingerprint density at radius 3 is 1.38 bits per heavy atom. The van der Waals surface area contributed by atoms with Gasteiger partial charge in [-0.25, -0.2) is 0 Å². The lowest BCUT2D eigenvalue weighted by atomic mass is 10.1. The molecule has 344 valence electrons. The lowest BCUT2D eigenvalue weighted by Crippen LogP contribution is -2.37. The van der Waals surface area contributed by atoms with Crippen molar-refractivity contribution >= 4 is 17.7 Å². The molecule has 6 rings (SSSR count). The number of aromatic nitrogens is 1. The van der Waals surface area contributed by atoms with Gasteiger partial charge in [-0.05, 0) is 47.4 Å². The van der Waals surface area contributed by atoms with Crippen molar-refractivity contribution in [1.29, 1.82) is 0 Å². The molecule has 0 bridgehead atoms. The monoisotopic (exact) mass is 895 g/mol. The van der Waals surface area contributed by atoms with Gasteiger partial charge in [0, 0.05) is 45.5 Å². The molecule has 14 nitrogen and oxygen atoms in total. The molecular weight excluding hydrogens is 839 g/mol. The molecule has 0 radical (unpaired) electrons.